The molecule has 0 radical (unpaired) electrons. The minimum absolute atomic E-state index is 0.579. The molecule has 1 heterocycles. The largest absolute Gasteiger partial charge is 0.377 e. The minimum Gasteiger partial charge on any atom is -0.377 e. The van der Waals surface area contributed by atoms with Gasteiger partial charge in [0.25, 0.3) is 0 Å². The second-order valence-electron chi connectivity index (χ2n) is 3.54. The lowest BCUT2D eigenvalue weighted by Gasteiger charge is -2.01. The molecule has 2 aromatic rings. The van der Waals surface area contributed by atoms with Crippen LogP contribution in [0.15, 0.2) is 24.4 Å². The third-order valence-corrected chi connectivity index (χ3v) is 2.53. The maximum Gasteiger partial charge on any atom is 0.0737 e. The third kappa shape index (κ3) is 2.03. The van der Waals surface area contributed by atoms with Crippen LogP contribution in [-0.2, 0) is 17.9 Å². The number of aromatic nitrogens is 1. The number of hydrogen-bond donors (Lipinski definition) is 2. The van der Waals surface area contributed by atoms with Gasteiger partial charge in [0.1, 0.15) is 0 Å². The molecule has 1 aromatic carbocycles. The van der Waals surface area contributed by atoms with Crippen LogP contribution in [0.5, 0.6) is 0 Å². The fraction of sp³-hybridized carbons (Fsp3) is 0.333. The number of benzene rings is 1. The Morgan fingerprint density at radius 3 is 3.00 bits per heavy atom. The van der Waals surface area contributed by atoms with Crippen molar-refractivity contribution in [3.8, 4) is 0 Å². The normalized spacial score (nSPS) is 11.1. The van der Waals surface area contributed by atoms with Crippen molar-refractivity contribution in [2.45, 2.75) is 20.1 Å². The molecule has 2 rings (SSSR count). The molecular weight excluding hydrogens is 188 g/mol. The number of nitrogens with two attached hydrogens (primary N) is 1. The number of H-pyrrole nitrogens is 1. The summed E-state index contributed by atoms with van der Waals surface area (Å²) in [6, 6.07) is 6.23. The van der Waals surface area contributed by atoms with Gasteiger partial charge in [-0.15, -0.1) is 0 Å². The average molecular weight is 204 g/mol. The van der Waals surface area contributed by atoms with E-state index < -0.39 is 0 Å². The van der Waals surface area contributed by atoms with Gasteiger partial charge in [-0.3, -0.25) is 0 Å². The lowest BCUT2D eigenvalue weighted by Crippen LogP contribution is -1.96. The van der Waals surface area contributed by atoms with E-state index in [1.165, 1.54) is 10.9 Å². The van der Waals surface area contributed by atoms with Crippen LogP contribution in [-0.4, -0.2) is 11.6 Å². The highest BCUT2D eigenvalue weighted by Gasteiger charge is 2.03. The number of rotatable bonds is 4. The molecule has 0 saturated carbocycles. The molecule has 0 atom stereocenters. The highest BCUT2D eigenvalue weighted by atomic mass is 16.5. The molecule has 3 heteroatoms. The summed E-state index contributed by atoms with van der Waals surface area (Å²) < 4.78 is 5.41. The van der Waals surface area contributed by atoms with E-state index >= 15 is 0 Å². The van der Waals surface area contributed by atoms with Crippen molar-refractivity contribution in [2.24, 2.45) is 5.73 Å². The molecule has 0 unspecified atom stereocenters. The quantitative estimate of drug-likeness (QED) is 0.801. The lowest BCUT2D eigenvalue weighted by molar-refractivity contribution is 0.135. The zero-order valence-electron chi connectivity index (χ0n) is 8.92. The van der Waals surface area contributed by atoms with Gasteiger partial charge in [0.2, 0.25) is 0 Å². The molecule has 0 amide bonds. The summed E-state index contributed by atoms with van der Waals surface area (Å²) in [5, 5.41) is 1.21. The maximum absolute atomic E-state index is 5.62. The van der Waals surface area contributed by atoms with Crippen molar-refractivity contribution in [1.82, 2.24) is 4.98 Å². The summed E-state index contributed by atoms with van der Waals surface area (Å²) >= 11 is 0. The second kappa shape index (κ2) is 4.47. The summed E-state index contributed by atoms with van der Waals surface area (Å²) in [5.74, 6) is 0. The molecule has 0 aliphatic carbocycles. The van der Waals surface area contributed by atoms with Crippen molar-refractivity contribution < 1.29 is 4.74 Å². The van der Waals surface area contributed by atoms with Crippen molar-refractivity contribution in [2.75, 3.05) is 6.61 Å². The smallest absolute Gasteiger partial charge is 0.0737 e. The van der Waals surface area contributed by atoms with Crippen LogP contribution < -0.4 is 5.73 Å². The van der Waals surface area contributed by atoms with E-state index in [0.717, 1.165) is 17.7 Å². The zero-order chi connectivity index (χ0) is 10.7. The van der Waals surface area contributed by atoms with E-state index in [1.54, 1.807) is 0 Å². The van der Waals surface area contributed by atoms with Gasteiger partial charge in [-0.05, 0) is 24.6 Å². The Kier molecular flexibility index (Phi) is 3.04. The number of ether oxygens (including phenoxy) is 1. The van der Waals surface area contributed by atoms with Gasteiger partial charge < -0.3 is 15.5 Å². The van der Waals surface area contributed by atoms with Gasteiger partial charge in [0.15, 0.2) is 0 Å². The number of nitrogens with one attached hydrogen (secondary N) is 1. The molecule has 1 aromatic heterocycles. The first-order valence-corrected chi connectivity index (χ1v) is 5.22. The molecule has 0 saturated heterocycles. The molecule has 0 fully saturated rings. The van der Waals surface area contributed by atoms with Gasteiger partial charge in [-0.25, -0.2) is 0 Å². The molecule has 80 valence electrons. The Morgan fingerprint density at radius 1 is 1.40 bits per heavy atom. The van der Waals surface area contributed by atoms with E-state index in [2.05, 4.69) is 17.1 Å². The van der Waals surface area contributed by atoms with Crippen LogP contribution in [0.3, 0.4) is 0 Å². The van der Waals surface area contributed by atoms with Crippen LogP contribution in [0.4, 0.5) is 0 Å². The molecule has 0 bridgehead atoms. The highest BCUT2D eigenvalue weighted by molar-refractivity contribution is 5.83. The summed E-state index contributed by atoms with van der Waals surface area (Å²) in [5.41, 5.74) is 9.11. The van der Waals surface area contributed by atoms with Crippen LogP contribution >= 0.6 is 0 Å². The second-order valence-corrected chi connectivity index (χ2v) is 3.54. The minimum atomic E-state index is 0.579. The SMILES string of the molecule is CCOCc1c[nH]c2ccc(CN)cc12. The Bertz CT molecular complexity index is 448. The number of aromatic amines is 1. The molecular formula is C12H16N2O. The summed E-state index contributed by atoms with van der Waals surface area (Å²) in [6.07, 6.45) is 2.00. The predicted octanol–water partition coefficient (Wildman–Crippen LogP) is 2.16. The van der Waals surface area contributed by atoms with Crippen molar-refractivity contribution in [1.29, 1.82) is 0 Å². The molecule has 0 spiro atoms. The molecule has 15 heavy (non-hydrogen) atoms. The summed E-state index contributed by atoms with van der Waals surface area (Å²) in [4.78, 5) is 3.23. The van der Waals surface area contributed by atoms with Crippen LogP contribution in [0.2, 0.25) is 0 Å². The van der Waals surface area contributed by atoms with Crippen molar-refractivity contribution >= 4 is 10.9 Å². The summed E-state index contributed by atoms with van der Waals surface area (Å²) in [7, 11) is 0. The Hall–Kier alpha value is -1.32. The Labute approximate surface area is 89.2 Å². The fourth-order valence-electron chi connectivity index (χ4n) is 1.68. The van der Waals surface area contributed by atoms with Gasteiger partial charge >= 0.3 is 0 Å². The highest BCUT2D eigenvalue weighted by Crippen LogP contribution is 2.20. The van der Waals surface area contributed by atoms with E-state index in [9.17, 15) is 0 Å². The van der Waals surface area contributed by atoms with Gasteiger partial charge in [-0.2, -0.15) is 0 Å². The average Bonchev–Trinajstić information content (AvgIpc) is 2.68. The lowest BCUT2D eigenvalue weighted by atomic mass is 10.1. The maximum atomic E-state index is 5.62. The molecule has 0 aliphatic rings. The van der Waals surface area contributed by atoms with Crippen LogP contribution in [0.25, 0.3) is 10.9 Å². The topological polar surface area (TPSA) is 51.0 Å². The van der Waals surface area contributed by atoms with Crippen molar-refractivity contribution in [3.63, 3.8) is 0 Å². The van der Waals surface area contributed by atoms with Crippen molar-refractivity contribution in [3.05, 3.63) is 35.5 Å². The summed E-state index contributed by atoms with van der Waals surface area (Å²) in [6.45, 7) is 3.98. The third-order valence-electron chi connectivity index (χ3n) is 2.53. The number of fused-ring (bicyclic) bond motifs is 1. The monoisotopic (exact) mass is 204 g/mol. The Balaban J connectivity index is 2.38. The van der Waals surface area contributed by atoms with E-state index in [1.807, 2.05) is 19.2 Å². The molecule has 0 aliphatic heterocycles. The predicted molar refractivity (Wildman–Crippen MR) is 61.5 cm³/mol. The van der Waals surface area contributed by atoms with E-state index in [-0.39, 0.29) is 0 Å². The van der Waals surface area contributed by atoms with Crippen LogP contribution in [0, 0.1) is 0 Å². The molecule has 3 nitrogen and oxygen atoms in total. The van der Waals surface area contributed by atoms with Gasteiger partial charge in [-0.1, -0.05) is 6.07 Å². The molecule has 3 N–H and O–H groups in total. The zero-order valence-corrected chi connectivity index (χ0v) is 8.92. The first-order chi connectivity index (χ1) is 7.35. The van der Waals surface area contributed by atoms with Gasteiger partial charge in [0, 0.05) is 35.8 Å². The Morgan fingerprint density at radius 2 is 2.27 bits per heavy atom. The first kappa shape index (κ1) is 10.2. The first-order valence-electron chi connectivity index (χ1n) is 5.22. The van der Waals surface area contributed by atoms with E-state index in [0.29, 0.717) is 13.2 Å². The number of hydrogen-bond acceptors (Lipinski definition) is 2. The van der Waals surface area contributed by atoms with Gasteiger partial charge in [0.05, 0.1) is 6.61 Å². The fourth-order valence-corrected chi connectivity index (χ4v) is 1.68. The van der Waals surface area contributed by atoms with E-state index in [4.69, 9.17) is 10.5 Å². The standard InChI is InChI=1S/C12H16N2O/c1-2-15-8-10-7-14-12-4-3-9(6-13)5-11(10)12/h3-5,7,14H,2,6,8,13H2,1H3. The van der Waals surface area contributed by atoms with Crippen LogP contribution in [0.1, 0.15) is 18.1 Å².